The topological polar surface area (TPSA) is 38.7 Å². The fourth-order valence-electron chi connectivity index (χ4n) is 10.4. The molecule has 0 radical (unpaired) electrons. The summed E-state index contributed by atoms with van der Waals surface area (Å²) in [6, 6.07) is 56.1. The highest BCUT2D eigenvalue weighted by Crippen LogP contribution is 2.69. The van der Waals surface area contributed by atoms with Gasteiger partial charge in [0, 0.05) is 22.4 Å². The Morgan fingerprint density at radius 2 is 0.754 bits per heavy atom. The lowest BCUT2D eigenvalue weighted by Gasteiger charge is -2.44. The smallest absolute Gasteiger partial charge is 0.126 e. The number of aliphatic hydroxyl groups is 1. The minimum Gasteiger partial charge on any atom is -0.496 e. The molecular weight excluding hydrogens is 812 g/mol. The Bertz CT molecular complexity index is 2490. The van der Waals surface area contributed by atoms with Gasteiger partial charge in [-0.2, -0.15) is 0 Å². The predicted octanol–water partition coefficient (Wildman–Crippen LogP) is 16.6. The van der Waals surface area contributed by atoms with Gasteiger partial charge in [-0.05, 0) is 121 Å². The standard InChI is InChI=1S/C61H67O3P/c1-38(2)51-32-44(47-26-17-19-30-55(47)63-9)33-52(39(3)4)59(51)49-28-21-29-50(60-53(40(5)6)34-45(35-54(60)41(7)8)48-27-18-20-31-56(48)64-10)61(49)65-57(42-22-13-11-14-23-42)36-46(62)37-58(65)43-24-15-12-16-25-43/h11-35,38-41,46,57-58,62H,36-37H2,1-10H3. The molecule has 7 aromatic rings. The van der Waals surface area contributed by atoms with E-state index in [0.29, 0.717) is 12.8 Å². The lowest BCUT2D eigenvalue weighted by molar-refractivity contribution is 0.146. The van der Waals surface area contributed by atoms with Crippen LogP contribution in [0.4, 0.5) is 0 Å². The molecule has 334 valence electrons. The normalized spacial score (nSPS) is 17.6. The summed E-state index contributed by atoms with van der Waals surface area (Å²) in [5, 5.41) is 13.5. The molecule has 65 heavy (non-hydrogen) atoms. The molecule has 2 atom stereocenters. The van der Waals surface area contributed by atoms with Crippen LogP contribution in [-0.4, -0.2) is 25.4 Å². The zero-order chi connectivity index (χ0) is 45.9. The highest BCUT2D eigenvalue weighted by Gasteiger charge is 2.42. The third-order valence-corrected chi connectivity index (χ3v) is 16.9. The van der Waals surface area contributed by atoms with Crippen LogP contribution in [-0.2, 0) is 0 Å². The predicted molar refractivity (Wildman–Crippen MR) is 278 cm³/mol. The number of ether oxygens (including phenoxy) is 2. The van der Waals surface area contributed by atoms with Gasteiger partial charge in [0.15, 0.2) is 0 Å². The average molecular weight is 879 g/mol. The van der Waals surface area contributed by atoms with Crippen LogP contribution in [0.25, 0.3) is 44.5 Å². The van der Waals surface area contributed by atoms with E-state index in [1.807, 2.05) is 0 Å². The first-order valence-electron chi connectivity index (χ1n) is 23.7. The van der Waals surface area contributed by atoms with Gasteiger partial charge in [0.1, 0.15) is 11.5 Å². The summed E-state index contributed by atoms with van der Waals surface area (Å²) < 4.78 is 12.0. The number of benzene rings is 7. The molecule has 8 rings (SSSR count). The van der Waals surface area contributed by atoms with Gasteiger partial charge in [-0.15, -0.1) is 0 Å². The quantitative estimate of drug-likeness (QED) is 0.117. The minimum absolute atomic E-state index is 0.121. The number of hydrogen-bond acceptors (Lipinski definition) is 3. The highest BCUT2D eigenvalue weighted by molar-refractivity contribution is 7.67. The number of methoxy groups -OCH3 is 2. The van der Waals surface area contributed by atoms with Crippen molar-refractivity contribution in [3.05, 3.63) is 185 Å². The van der Waals surface area contributed by atoms with Crippen molar-refractivity contribution in [1.29, 1.82) is 0 Å². The van der Waals surface area contributed by atoms with Crippen LogP contribution in [0.5, 0.6) is 11.5 Å². The largest absolute Gasteiger partial charge is 0.496 e. The van der Waals surface area contributed by atoms with E-state index in [0.717, 1.165) is 22.6 Å². The van der Waals surface area contributed by atoms with Gasteiger partial charge >= 0.3 is 0 Å². The fraction of sp³-hybridized carbons (Fsp3) is 0.311. The number of aliphatic hydroxyl groups excluding tert-OH is 1. The number of para-hydroxylation sites is 2. The van der Waals surface area contributed by atoms with E-state index in [1.54, 1.807) is 14.2 Å². The first-order chi connectivity index (χ1) is 31.4. The fourth-order valence-corrected chi connectivity index (χ4v) is 14.3. The summed E-state index contributed by atoms with van der Waals surface area (Å²) in [6.45, 7) is 18.8. The molecule has 0 amide bonds. The Morgan fingerprint density at radius 1 is 0.431 bits per heavy atom. The Morgan fingerprint density at radius 3 is 1.09 bits per heavy atom. The van der Waals surface area contributed by atoms with E-state index >= 15 is 0 Å². The molecule has 1 heterocycles. The molecule has 1 aliphatic rings. The van der Waals surface area contributed by atoms with Gasteiger partial charge < -0.3 is 14.6 Å². The minimum atomic E-state index is -1.01. The molecule has 2 unspecified atom stereocenters. The van der Waals surface area contributed by atoms with Crippen LogP contribution in [0.15, 0.2) is 152 Å². The molecular formula is C61H67O3P. The van der Waals surface area contributed by atoms with Gasteiger partial charge in [-0.25, -0.2) is 0 Å². The molecule has 0 saturated carbocycles. The molecule has 0 spiro atoms. The SMILES string of the molecule is COc1ccccc1-c1cc(C(C)C)c(-c2cccc(-c3c(C(C)C)cc(-c4ccccc4OC)cc3C(C)C)c2P2C(c3ccccc3)CC(O)CC2c2ccccc2)c(C(C)C)c1. The van der Waals surface area contributed by atoms with Crippen LogP contribution in [0.3, 0.4) is 0 Å². The number of hydrogen-bond donors (Lipinski definition) is 1. The Labute approximate surface area is 390 Å². The van der Waals surface area contributed by atoms with Crippen molar-refractivity contribution in [2.75, 3.05) is 14.2 Å². The molecule has 0 aliphatic carbocycles. The van der Waals surface area contributed by atoms with Gasteiger partial charge in [0.25, 0.3) is 0 Å². The van der Waals surface area contributed by atoms with Crippen molar-refractivity contribution < 1.29 is 14.6 Å². The van der Waals surface area contributed by atoms with Gasteiger partial charge in [-0.3, -0.25) is 0 Å². The average Bonchev–Trinajstić information content (AvgIpc) is 3.33. The second kappa shape index (κ2) is 20.0. The molecule has 7 aromatic carbocycles. The molecule has 1 N–H and O–H groups in total. The molecule has 1 aliphatic heterocycles. The maximum atomic E-state index is 12.0. The number of rotatable bonds is 13. The zero-order valence-corrected chi connectivity index (χ0v) is 41.0. The molecule has 3 nitrogen and oxygen atoms in total. The first-order valence-corrected chi connectivity index (χ1v) is 25.2. The third-order valence-electron chi connectivity index (χ3n) is 13.6. The van der Waals surface area contributed by atoms with Gasteiger partial charge in [0.2, 0.25) is 0 Å². The van der Waals surface area contributed by atoms with E-state index in [2.05, 4.69) is 207 Å². The summed E-state index contributed by atoms with van der Waals surface area (Å²) in [5.41, 5.74) is 18.1. The summed E-state index contributed by atoms with van der Waals surface area (Å²) in [5.74, 6) is 2.71. The Balaban J connectivity index is 1.55. The van der Waals surface area contributed by atoms with Crippen LogP contribution in [0.1, 0.15) is 137 Å². The van der Waals surface area contributed by atoms with E-state index in [1.165, 1.54) is 72.1 Å². The third kappa shape index (κ3) is 9.21. The van der Waals surface area contributed by atoms with Crippen molar-refractivity contribution in [3.63, 3.8) is 0 Å². The van der Waals surface area contributed by atoms with E-state index in [9.17, 15) is 5.11 Å². The van der Waals surface area contributed by atoms with Gasteiger partial charge in [-0.1, -0.05) is 203 Å². The van der Waals surface area contributed by atoms with Crippen molar-refractivity contribution in [2.24, 2.45) is 0 Å². The van der Waals surface area contributed by atoms with Crippen LogP contribution < -0.4 is 14.8 Å². The maximum Gasteiger partial charge on any atom is 0.126 e. The first kappa shape index (κ1) is 46.1. The van der Waals surface area contributed by atoms with Gasteiger partial charge in [0.05, 0.1) is 20.3 Å². The summed E-state index contributed by atoms with van der Waals surface area (Å²) in [4.78, 5) is 0. The highest BCUT2D eigenvalue weighted by atomic mass is 31.1. The maximum absolute atomic E-state index is 12.0. The zero-order valence-electron chi connectivity index (χ0n) is 40.1. The summed E-state index contributed by atoms with van der Waals surface area (Å²) in [7, 11) is 2.53. The van der Waals surface area contributed by atoms with Crippen molar-refractivity contribution in [3.8, 4) is 56.0 Å². The molecule has 4 heteroatoms. The molecule has 1 fully saturated rings. The molecule has 0 aromatic heterocycles. The van der Waals surface area contributed by atoms with E-state index < -0.39 is 14.0 Å². The molecule has 0 bridgehead atoms. The Kier molecular flexibility index (Phi) is 14.1. The lowest BCUT2D eigenvalue weighted by Crippen LogP contribution is -2.28. The molecule has 1 saturated heterocycles. The summed E-state index contributed by atoms with van der Waals surface area (Å²) in [6.07, 6.45) is 1.01. The second-order valence-electron chi connectivity index (χ2n) is 19.2. The van der Waals surface area contributed by atoms with Crippen molar-refractivity contribution >= 4 is 13.2 Å². The summed E-state index contributed by atoms with van der Waals surface area (Å²) >= 11 is 0. The van der Waals surface area contributed by atoms with E-state index in [4.69, 9.17) is 9.47 Å². The monoisotopic (exact) mass is 878 g/mol. The van der Waals surface area contributed by atoms with Crippen molar-refractivity contribution in [1.82, 2.24) is 0 Å². The van der Waals surface area contributed by atoms with Crippen LogP contribution in [0.2, 0.25) is 0 Å². The van der Waals surface area contributed by atoms with Crippen LogP contribution in [0, 0.1) is 0 Å². The lowest BCUT2D eigenvalue weighted by atomic mass is 9.79. The van der Waals surface area contributed by atoms with Crippen LogP contribution >= 0.6 is 7.92 Å². The van der Waals surface area contributed by atoms with E-state index in [-0.39, 0.29) is 35.0 Å². The Hall–Kier alpha value is -5.47. The van der Waals surface area contributed by atoms with Crippen molar-refractivity contribution in [2.45, 2.75) is 109 Å². The second-order valence-corrected chi connectivity index (χ2v) is 21.7.